The first-order valence-electron chi connectivity index (χ1n) is 16.7. The molecule has 0 aliphatic carbocycles. The van der Waals surface area contributed by atoms with E-state index in [2.05, 4.69) is 27.3 Å². The summed E-state index contributed by atoms with van der Waals surface area (Å²) in [5.74, 6) is -0.319. The number of pyridine rings is 1. The summed E-state index contributed by atoms with van der Waals surface area (Å²) in [7, 11) is 0. The number of amidine groups is 1. The lowest BCUT2D eigenvalue weighted by Gasteiger charge is -2.28. The number of likely N-dealkylation sites (tertiary alicyclic amines) is 1. The van der Waals surface area contributed by atoms with Crippen molar-refractivity contribution in [3.8, 4) is 0 Å². The van der Waals surface area contributed by atoms with Crippen molar-refractivity contribution >= 4 is 51.7 Å². The van der Waals surface area contributed by atoms with Crippen molar-refractivity contribution in [3.63, 3.8) is 0 Å². The quantitative estimate of drug-likeness (QED) is 0.247. The van der Waals surface area contributed by atoms with Gasteiger partial charge in [0.1, 0.15) is 11.3 Å². The summed E-state index contributed by atoms with van der Waals surface area (Å²) >= 11 is 1.41. The minimum Gasteiger partial charge on any atom is -0.378 e. The van der Waals surface area contributed by atoms with E-state index >= 15 is 0 Å². The molecule has 2 atom stereocenters. The van der Waals surface area contributed by atoms with Crippen molar-refractivity contribution in [2.24, 2.45) is 4.99 Å². The predicted molar refractivity (Wildman–Crippen MR) is 192 cm³/mol. The third-order valence-corrected chi connectivity index (χ3v) is 10.2. The molecule has 3 aliphatic rings. The molecule has 1 N–H and O–H groups in total. The zero-order valence-electron chi connectivity index (χ0n) is 27.1. The molecule has 3 aliphatic heterocycles. The molecule has 4 aromatic rings. The van der Waals surface area contributed by atoms with Crippen LogP contribution >= 0.6 is 11.8 Å². The summed E-state index contributed by atoms with van der Waals surface area (Å²) < 4.78 is 5.48. The molecule has 3 amide bonds. The Hall–Kier alpha value is -5.00. The van der Waals surface area contributed by atoms with Crippen LogP contribution in [-0.2, 0) is 32.1 Å². The predicted octanol–water partition coefficient (Wildman–Crippen LogP) is 5.59. The van der Waals surface area contributed by atoms with Crippen molar-refractivity contribution < 1.29 is 19.1 Å². The molecule has 1 unspecified atom stereocenters. The smallest absolute Gasteiger partial charge is 0.247 e. The SMILES string of the molecule is O=C(Nc1ccc(C2SC(=Nc3ccc(N4CCOCC4)cc3)N(Cc3ccccn3)C2=O)cc1)[C@H]1CCCN1C(=O)Cc1ccccc1. The summed E-state index contributed by atoms with van der Waals surface area (Å²) in [6.07, 6.45) is 3.41. The van der Waals surface area contributed by atoms with E-state index in [-0.39, 0.29) is 24.1 Å². The molecule has 10 nitrogen and oxygen atoms in total. The van der Waals surface area contributed by atoms with Crippen LogP contribution in [0.2, 0.25) is 0 Å². The van der Waals surface area contributed by atoms with Gasteiger partial charge in [-0.15, -0.1) is 0 Å². The summed E-state index contributed by atoms with van der Waals surface area (Å²) in [6.45, 7) is 4.02. The third kappa shape index (κ3) is 7.68. The maximum absolute atomic E-state index is 13.9. The largest absolute Gasteiger partial charge is 0.378 e. The van der Waals surface area contributed by atoms with Crippen molar-refractivity contribution in [1.29, 1.82) is 0 Å². The van der Waals surface area contributed by atoms with Crippen LogP contribution in [-0.4, -0.2) is 76.6 Å². The Morgan fingerprint density at radius 3 is 2.39 bits per heavy atom. The molecule has 0 saturated carbocycles. The van der Waals surface area contributed by atoms with E-state index in [1.54, 1.807) is 16.0 Å². The number of hydrogen-bond acceptors (Lipinski definition) is 8. The molecule has 0 radical (unpaired) electrons. The van der Waals surface area contributed by atoms with Crippen LogP contribution in [0.5, 0.6) is 0 Å². The molecule has 0 bridgehead atoms. The van der Waals surface area contributed by atoms with Gasteiger partial charge in [0.05, 0.1) is 37.6 Å². The second-order valence-corrected chi connectivity index (χ2v) is 13.3. The molecule has 11 heteroatoms. The van der Waals surface area contributed by atoms with Crippen molar-refractivity contribution in [2.45, 2.75) is 37.1 Å². The molecular weight excluding hydrogens is 637 g/mol. The van der Waals surface area contributed by atoms with Crippen LogP contribution < -0.4 is 10.2 Å². The Bertz CT molecular complexity index is 1800. The number of thioether (sulfide) groups is 1. The Morgan fingerprint density at radius 2 is 1.65 bits per heavy atom. The maximum atomic E-state index is 13.9. The summed E-state index contributed by atoms with van der Waals surface area (Å²) in [5, 5.41) is 3.11. The van der Waals surface area contributed by atoms with Crippen LogP contribution in [0.1, 0.15) is 34.9 Å². The van der Waals surface area contributed by atoms with Crippen molar-refractivity contribution in [2.75, 3.05) is 43.1 Å². The van der Waals surface area contributed by atoms with Gasteiger partial charge in [-0.25, -0.2) is 4.99 Å². The van der Waals surface area contributed by atoms with Crippen LogP contribution in [0.15, 0.2) is 108 Å². The second-order valence-electron chi connectivity index (χ2n) is 12.3. The van der Waals surface area contributed by atoms with Crippen LogP contribution in [0.3, 0.4) is 0 Å². The fourth-order valence-corrected chi connectivity index (χ4v) is 7.57. The Morgan fingerprint density at radius 1 is 0.898 bits per heavy atom. The molecule has 3 saturated heterocycles. The number of carbonyl (C=O) groups is 3. The third-order valence-electron chi connectivity index (χ3n) is 9.00. The van der Waals surface area contributed by atoms with Gasteiger partial charge in [-0.1, -0.05) is 60.3 Å². The standard InChI is InChI=1S/C38H38N6O4S/c45-34(25-27-7-2-1-3-8-27)43-20-6-10-33(43)36(46)40-29-13-11-28(12-14-29)35-37(47)44(26-31-9-4-5-19-39-31)38(49-35)41-30-15-17-32(18-16-30)42-21-23-48-24-22-42/h1-5,7-9,11-19,33,35H,6,10,20-26H2,(H,40,46)/t33-,35?/m1/s1. The van der Waals surface area contributed by atoms with Crippen LogP contribution in [0, 0.1) is 0 Å². The zero-order valence-corrected chi connectivity index (χ0v) is 27.9. The van der Waals surface area contributed by atoms with E-state index < -0.39 is 11.3 Å². The normalized spacial score (nSPS) is 20.2. The van der Waals surface area contributed by atoms with E-state index in [9.17, 15) is 14.4 Å². The zero-order chi connectivity index (χ0) is 33.6. The molecule has 250 valence electrons. The van der Waals surface area contributed by atoms with E-state index in [4.69, 9.17) is 9.73 Å². The first-order chi connectivity index (χ1) is 24.0. The summed E-state index contributed by atoms with van der Waals surface area (Å²) in [5.41, 5.74) is 5.02. The summed E-state index contributed by atoms with van der Waals surface area (Å²) in [4.78, 5) is 55.3. The lowest BCUT2D eigenvalue weighted by molar-refractivity contribution is -0.136. The fraction of sp³-hybridized carbons (Fsp3) is 0.289. The monoisotopic (exact) mass is 674 g/mol. The van der Waals surface area contributed by atoms with Crippen molar-refractivity contribution in [3.05, 3.63) is 120 Å². The van der Waals surface area contributed by atoms with Crippen molar-refractivity contribution in [1.82, 2.24) is 14.8 Å². The average Bonchev–Trinajstić information content (AvgIpc) is 3.76. The molecule has 4 heterocycles. The second kappa shape index (κ2) is 15.0. The van der Waals surface area contributed by atoms with E-state index in [0.29, 0.717) is 30.4 Å². The van der Waals surface area contributed by atoms with Gasteiger partial charge in [-0.3, -0.25) is 24.3 Å². The van der Waals surface area contributed by atoms with Gasteiger partial charge in [0.25, 0.3) is 0 Å². The van der Waals surface area contributed by atoms with Gasteiger partial charge >= 0.3 is 0 Å². The van der Waals surface area contributed by atoms with Gasteiger partial charge in [0.15, 0.2) is 5.17 Å². The number of ether oxygens (including phenoxy) is 1. The molecule has 3 aromatic carbocycles. The Kier molecular flexibility index (Phi) is 9.99. The van der Waals surface area contributed by atoms with E-state index in [0.717, 1.165) is 60.9 Å². The highest BCUT2D eigenvalue weighted by molar-refractivity contribution is 8.15. The lowest BCUT2D eigenvalue weighted by Crippen LogP contribution is -2.43. The number of aliphatic imine (C=N–C) groups is 1. The minimum atomic E-state index is -0.510. The van der Waals surface area contributed by atoms with E-state index in [1.807, 2.05) is 84.9 Å². The molecule has 3 fully saturated rings. The number of aromatic nitrogens is 1. The van der Waals surface area contributed by atoms with Gasteiger partial charge in [0.2, 0.25) is 17.7 Å². The molecule has 1 aromatic heterocycles. The van der Waals surface area contributed by atoms with Gasteiger partial charge in [-0.2, -0.15) is 0 Å². The van der Waals surface area contributed by atoms with Gasteiger partial charge in [0, 0.05) is 37.2 Å². The Balaban J connectivity index is 1.04. The highest BCUT2D eigenvalue weighted by Crippen LogP contribution is 2.41. The number of morpholine rings is 1. The number of rotatable bonds is 9. The number of benzene rings is 3. The average molecular weight is 675 g/mol. The minimum absolute atomic E-state index is 0.0447. The molecule has 7 rings (SSSR count). The van der Waals surface area contributed by atoms with Gasteiger partial charge in [-0.05, 0) is 72.5 Å². The molecular formula is C38H38N6O4S. The molecule has 0 spiro atoms. The first-order valence-corrected chi connectivity index (χ1v) is 17.5. The number of nitrogens with zero attached hydrogens (tertiary/aromatic N) is 5. The maximum Gasteiger partial charge on any atom is 0.247 e. The highest BCUT2D eigenvalue weighted by atomic mass is 32.2. The fourth-order valence-electron chi connectivity index (χ4n) is 6.40. The number of carbonyl (C=O) groups excluding carboxylic acids is 3. The first kappa shape index (κ1) is 32.5. The lowest BCUT2D eigenvalue weighted by atomic mass is 10.1. The number of anilines is 2. The van der Waals surface area contributed by atoms with E-state index in [1.165, 1.54) is 11.8 Å². The summed E-state index contributed by atoms with van der Waals surface area (Å²) in [6, 6.07) is 30.2. The number of amides is 3. The number of nitrogens with one attached hydrogen (secondary N) is 1. The Labute approximate surface area is 290 Å². The topological polar surface area (TPSA) is 107 Å². The number of hydrogen-bond donors (Lipinski definition) is 1. The molecule has 49 heavy (non-hydrogen) atoms. The van der Waals surface area contributed by atoms with Gasteiger partial charge < -0.3 is 19.9 Å². The highest BCUT2D eigenvalue weighted by Gasteiger charge is 2.39. The van der Waals surface area contributed by atoms with Crippen LogP contribution in [0.25, 0.3) is 0 Å². The van der Waals surface area contributed by atoms with Crippen LogP contribution in [0.4, 0.5) is 17.1 Å².